The number of phenols is 1. The van der Waals surface area contributed by atoms with Gasteiger partial charge in [0.05, 0.1) is 11.6 Å². The summed E-state index contributed by atoms with van der Waals surface area (Å²) < 4.78 is 0. The van der Waals surface area contributed by atoms with Crippen LogP contribution in [-0.2, 0) is 9.59 Å². The predicted octanol–water partition coefficient (Wildman–Crippen LogP) is 5.79. The van der Waals surface area contributed by atoms with Crippen molar-refractivity contribution in [3.8, 4) is 5.75 Å². The summed E-state index contributed by atoms with van der Waals surface area (Å²) in [6.45, 7) is 3.91. The summed E-state index contributed by atoms with van der Waals surface area (Å²) in [6.07, 6.45) is 0. The van der Waals surface area contributed by atoms with Crippen LogP contribution >= 0.6 is 0 Å². The third kappa shape index (κ3) is 3.42. The largest absolute Gasteiger partial charge is 0.508 e. The first kappa shape index (κ1) is 21.5. The zero-order valence-corrected chi connectivity index (χ0v) is 18.8. The molecule has 0 aliphatic carbocycles. The number of hydrogen-bond acceptors (Lipinski definition) is 4. The van der Waals surface area contributed by atoms with Crippen molar-refractivity contribution < 1.29 is 19.8 Å². The number of hydrogen-bond donors (Lipinski definition) is 2. The summed E-state index contributed by atoms with van der Waals surface area (Å²) in [5, 5.41) is 23.3. The lowest BCUT2D eigenvalue weighted by Gasteiger charge is -2.26. The van der Waals surface area contributed by atoms with Gasteiger partial charge in [-0.25, -0.2) is 0 Å². The fraction of sp³-hybridized carbons (Fsp3) is 0.103. The molecule has 1 aliphatic rings. The van der Waals surface area contributed by atoms with Crippen LogP contribution in [0.2, 0.25) is 0 Å². The smallest absolute Gasteiger partial charge is 0.300 e. The lowest BCUT2D eigenvalue weighted by Crippen LogP contribution is -2.29. The van der Waals surface area contributed by atoms with Crippen molar-refractivity contribution in [2.75, 3.05) is 4.90 Å². The molecule has 168 valence electrons. The molecule has 2 N–H and O–H groups in total. The molecule has 5 nitrogen and oxygen atoms in total. The molecule has 1 atom stereocenters. The van der Waals surface area contributed by atoms with Crippen molar-refractivity contribution in [3.05, 3.63) is 113 Å². The molecule has 4 aromatic carbocycles. The summed E-state index contributed by atoms with van der Waals surface area (Å²) in [5.74, 6) is -1.72. The average Bonchev–Trinajstić information content (AvgIpc) is 3.10. The van der Waals surface area contributed by atoms with Gasteiger partial charge in [-0.05, 0) is 65.6 Å². The van der Waals surface area contributed by atoms with Crippen molar-refractivity contribution >= 4 is 33.9 Å². The van der Waals surface area contributed by atoms with Crippen molar-refractivity contribution in [1.29, 1.82) is 0 Å². The molecule has 34 heavy (non-hydrogen) atoms. The fourth-order valence-electron chi connectivity index (χ4n) is 4.56. The van der Waals surface area contributed by atoms with E-state index < -0.39 is 17.7 Å². The zero-order valence-electron chi connectivity index (χ0n) is 18.8. The van der Waals surface area contributed by atoms with Crippen LogP contribution in [0.4, 0.5) is 5.69 Å². The predicted molar refractivity (Wildman–Crippen MR) is 133 cm³/mol. The number of benzene rings is 4. The van der Waals surface area contributed by atoms with E-state index in [0.29, 0.717) is 16.8 Å². The number of anilines is 1. The van der Waals surface area contributed by atoms with Crippen LogP contribution in [0.5, 0.6) is 5.75 Å². The van der Waals surface area contributed by atoms with Gasteiger partial charge in [0.2, 0.25) is 0 Å². The van der Waals surface area contributed by atoms with E-state index in [9.17, 15) is 19.8 Å². The molecule has 1 heterocycles. The minimum Gasteiger partial charge on any atom is -0.508 e. The Labute approximate surface area is 197 Å². The number of aromatic hydroxyl groups is 1. The molecule has 5 rings (SSSR count). The third-order valence-electron chi connectivity index (χ3n) is 6.44. The first-order valence-electron chi connectivity index (χ1n) is 11.0. The summed E-state index contributed by atoms with van der Waals surface area (Å²) in [7, 11) is 0. The maximum absolute atomic E-state index is 13.4. The molecule has 1 amide bonds. The number of aliphatic hydroxyl groups excluding tert-OH is 1. The highest BCUT2D eigenvalue weighted by Crippen LogP contribution is 2.43. The molecule has 4 aromatic rings. The van der Waals surface area contributed by atoms with Gasteiger partial charge in [0, 0.05) is 11.3 Å². The van der Waals surface area contributed by atoms with Gasteiger partial charge in [0.1, 0.15) is 11.5 Å². The molecule has 0 saturated carbocycles. The number of carbonyl (C=O) groups excluding carboxylic acids is 2. The van der Waals surface area contributed by atoms with Crippen LogP contribution in [0, 0.1) is 13.8 Å². The Morgan fingerprint density at radius 1 is 0.824 bits per heavy atom. The van der Waals surface area contributed by atoms with Crippen LogP contribution in [0.25, 0.3) is 16.5 Å². The fourth-order valence-corrected chi connectivity index (χ4v) is 4.56. The SMILES string of the molecule is Cc1ccc(N2C(=O)C(=O)/C(=C(\O)c3cccc4ccccc34)C2c2cccc(O)c2)cc1C. The number of ketones is 1. The Bertz CT molecular complexity index is 1500. The molecular formula is C29H23NO4. The van der Waals surface area contributed by atoms with Gasteiger partial charge in [0.15, 0.2) is 0 Å². The number of nitrogens with zero attached hydrogens (tertiary/aromatic N) is 1. The maximum atomic E-state index is 13.4. The first-order chi connectivity index (χ1) is 16.4. The Morgan fingerprint density at radius 3 is 2.32 bits per heavy atom. The van der Waals surface area contributed by atoms with Crippen LogP contribution in [0.3, 0.4) is 0 Å². The maximum Gasteiger partial charge on any atom is 0.300 e. The number of fused-ring (bicyclic) bond motifs is 1. The Balaban J connectivity index is 1.79. The molecule has 0 radical (unpaired) electrons. The second-order valence-electron chi connectivity index (χ2n) is 8.56. The van der Waals surface area contributed by atoms with Crippen LogP contribution in [-0.4, -0.2) is 21.9 Å². The van der Waals surface area contributed by atoms with Gasteiger partial charge in [0.25, 0.3) is 11.7 Å². The number of amides is 1. The van der Waals surface area contributed by atoms with E-state index in [1.807, 2.05) is 56.3 Å². The minimum absolute atomic E-state index is 0.00772. The highest BCUT2D eigenvalue weighted by Gasteiger charge is 2.47. The van der Waals surface area contributed by atoms with Gasteiger partial charge < -0.3 is 10.2 Å². The standard InChI is InChI=1S/C29H23NO4/c1-17-13-14-21(15-18(17)2)30-26(20-9-5-10-22(31)16-20)25(28(33)29(30)34)27(32)24-12-6-8-19-7-3-4-11-23(19)24/h3-16,26,31-32H,1-2H3/b27-25-. The lowest BCUT2D eigenvalue weighted by atomic mass is 9.93. The van der Waals surface area contributed by atoms with E-state index >= 15 is 0 Å². The van der Waals surface area contributed by atoms with Crippen LogP contribution in [0.1, 0.15) is 28.3 Å². The highest BCUT2D eigenvalue weighted by molar-refractivity contribution is 6.51. The van der Waals surface area contributed by atoms with E-state index in [0.717, 1.165) is 21.9 Å². The normalized spacial score (nSPS) is 17.5. The van der Waals surface area contributed by atoms with Crippen molar-refractivity contribution in [1.82, 2.24) is 0 Å². The molecule has 0 aromatic heterocycles. The van der Waals surface area contributed by atoms with E-state index in [2.05, 4.69) is 0 Å². The second kappa shape index (κ2) is 8.19. The van der Waals surface area contributed by atoms with Gasteiger partial charge in [-0.1, -0.05) is 60.7 Å². The van der Waals surface area contributed by atoms with Gasteiger partial charge in [-0.3, -0.25) is 14.5 Å². The second-order valence-corrected chi connectivity index (χ2v) is 8.56. The Kier molecular flexibility index (Phi) is 5.17. The highest BCUT2D eigenvalue weighted by atomic mass is 16.3. The minimum atomic E-state index is -0.895. The topological polar surface area (TPSA) is 77.8 Å². The lowest BCUT2D eigenvalue weighted by molar-refractivity contribution is -0.132. The molecule has 0 bridgehead atoms. The summed E-state index contributed by atoms with van der Waals surface area (Å²) in [5.41, 5.74) is 3.58. The van der Waals surface area contributed by atoms with Gasteiger partial charge in [-0.15, -0.1) is 0 Å². The molecule has 5 heteroatoms. The Hall–Kier alpha value is -4.38. The molecular weight excluding hydrogens is 426 g/mol. The van der Waals surface area contributed by atoms with Crippen LogP contribution in [0.15, 0.2) is 90.5 Å². The summed E-state index contributed by atoms with van der Waals surface area (Å²) in [6, 6.07) is 24.1. The van der Waals surface area contributed by atoms with Crippen molar-refractivity contribution in [2.45, 2.75) is 19.9 Å². The molecule has 1 saturated heterocycles. The number of carbonyl (C=O) groups is 2. The third-order valence-corrected chi connectivity index (χ3v) is 6.44. The quantitative estimate of drug-likeness (QED) is 0.236. The van der Waals surface area contributed by atoms with E-state index in [1.165, 1.54) is 17.0 Å². The molecule has 1 fully saturated rings. The zero-order chi connectivity index (χ0) is 24.0. The number of rotatable bonds is 3. The van der Waals surface area contributed by atoms with E-state index in [4.69, 9.17) is 0 Å². The number of aliphatic hydroxyl groups is 1. The van der Waals surface area contributed by atoms with Crippen molar-refractivity contribution in [3.63, 3.8) is 0 Å². The van der Waals surface area contributed by atoms with Gasteiger partial charge >= 0.3 is 0 Å². The molecule has 1 aliphatic heterocycles. The number of Topliss-reactive ketones (excluding diaryl/α,β-unsaturated/α-hetero) is 1. The van der Waals surface area contributed by atoms with Crippen LogP contribution < -0.4 is 4.90 Å². The number of phenolic OH excluding ortho intramolecular Hbond substituents is 1. The molecule has 1 unspecified atom stereocenters. The summed E-state index contributed by atoms with van der Waals surface area (Å²) in [4.78, 5) is 28.1. The molecule has 0 spiro atoms. The monoisotopic (exact) mass is 449 g/mol. The number of aryl methyl sites for hydroxylation is 2. The van der Waals surface area contributed by atoms with Crippen molar-refractivity contribution in [2.24, 2.45) is 0 Å². The average molecular weight is 450 g/mol. The van der Waals surface area contributed by atoms with E-state index in [-0.39, 0.29) is 17.1 Å². The summed E-state index contributed by atoms with van der Waals surface area (Å²) >= 11 is 0. The Morgan fingerprint density at radius 2 is 1.56 bits per heavy atom. The first-order valence-corrected chi connectivity index (χ1v) is 11.0. The van der Waals surface area contributed by atoms with E-state index in [1.54, 1.807) is 30.3 Å². The van der Waals surface area contributed by atoms with Gasteiger partial charge in [-0.2, -0.15) is 0 Å².